The number of hydrogen-bond donors (Lipinski definition) is 2. The third-order valence-corrected chi connectivity index (χ3v) is 6.09. The molecule has 1 aromatic heterocycles. The summed E-state index contributed by atoms with van der Waals surface area (Å²) in [6.07, 6.45) is 1.76. The molecule has 2 aromatic rings. The van der Waals surface area contributed by atoms with Crippen LogP contribution in [0, 0.1) is 19.8 Å². The van der Waals surface area contributed by atoms with Crippen LogP contribution in [0.25, 0.3) is 0 Å². The van der Waals surface area contributed by atoms with Gasteiger partial charge in [0.25, 0.3) is 5.91 Å². The lowest BCUT2D eigenvalue weighted by atomic mass is 10.0. The van der Waals surface area contributed by atoms with Crippen LogP contribution in [0.3, 0.4) is 0 Å². The molecule has 0 aliphatic heterocycles. The molecule has 1 aliphatic carbocycles. The Hall–Kier alpha value is -2.67. The first kappa shape index (κ1) is 21.0. The van der Waals surface area contributed by atoms with Gasteiger partial charge in [-0.05, 0) is 55.9 Å². The van der Waals surface area contributed by atoms with E-state index in [1.54, 1.807) is 0 Å². The van der Waals surface area contributed by atoms with Gasteiger partial charge in [0.15, 0.2) is 6.61 Å². The quantitative estimate of drug-likeness (QED) is 0.647. The van der Waals surface area contributed by atoms with Crippen LogP contribution in [0.15, 0.2) is 24.3 Å². The summed E-state index contributed by atoms with van der Waals surface area (Å²) in [5.41, 5.74) is 2.92. The van der Waals surface area contributed by atoms with E-state index in [1.165, 1.54) is 16.9 Å². The zero-order valence-corrected chi connectivity index (χ0v) is 17.9. The predicted octanol–water partition coefficient (Wildman–Crippen LogP) is 4.63. The number of anilines is 2. The molecule has 154 valence electrons. The number of nitrogens with one attached hydrogen (secondary N) is 2. The van der Waals surface area contributed by atoms with Gasteiger partial charge in [-0.1, -0.05) is 26.0 Å². The largest absolute Gasteiger partial charge is 0.452 e. The Balaban J connectivity index is 1.59. The summed E-state index contributed by atoms with van der Waals surface area (Å²) < 4.78 is 5.22. The molecule has 1 aromatic carbocycles. The van der Waals surface area contributed by atoms with Gasteiger partial charge in [-0.2, -0.15) is 0 Å². The summed E-state index contributed by atoms with van der Waals surface area (Å²) in [5, 5.41) is 6.05. The molecule has 0 spiro atoms. The number of carbonyl (C=O) groups excluding carboxylic acids is 3. The highest BCUT2D eigenvalue weighted by Crippen LogP contribution is 2.36. The van der Waals surface area contributed by atoms with E-state index in [0.29, 0.717) is 22.2 Å². The van der Waals surface area contributed by atoms with Crippen molar-refractivity contribution in [1.29, 1.82) is 0 Å². The molecule has 0 atom stereocenters. The third-order valence-electron chi connectivity index (χ3n) is 4.97. The van der Waals surface area contributed by atoms with Gasteiger partial charge in [0.1, 0.15) is 5.00 Å². The topological polar surface area (TPSA) is 84.5 Å². The minimum atomic E-state index is -0.608. The van der Waals surface area contributed by atoms with Crippen LogP contribution in [-0.4, -0.2) is 24.4 Å². The summed E-state index contributed by atoms with van der Waals surface area (Å²) in [4.78, 5) is 37.8. The standard InChI is InChI=1S/C22H26N2O4S/c1-12(2)15-7-9-17(10-8-15)23-18(25)11-28-22(27)19-13(3)14(4)29-21(19)24-20(26)16-5-6-16/h7-10,12,16H,5-6,11H2,1-4H3,(H,23,25)(H,24,26). The minimum Gasteiger partial charge on any atom is -0.452 e. The highest BCUT2D eigenvalue weighted by atomic mass is 32.1. The van der Waals surface area contributed by atoms with E-state index in [-0.39, 0.29) is 11.8 Å². The van der Waals surface area contributed by atoms with Crippen molar-refractivity contribution in [2.24, 2.45) is 5.92 Å². The Kier molecular flexibility index (Phi) is 6.37. The summed E-state index contributed by atoms with van der Waals surface area (Å²) in [6, 6.07) is 7.57. The Bertz CT molecular complexity index is 927. The monoisotopic (exact) mass is 414 g/mol. The Morgan fingerprint density at radius 3 is 2.34 bits per heavy atom. The number of ether oxygens (including phenoxy) is 1. The fraction of sp³-hybridized carbons (Fsp3) is 0.409. The van der Waals surface area contributed by atoms with Crippen LogP contribution in [0.5, 0.6) is 0 Å². The van der Waals surface area contributed by atoms with Crippen LogP contribution < -0.4 is 10.6 Å². The second kappa shape index (κ2) is 8.78. The highest BCUT2D eigenvalue weighted by molar-refractivity contribution is 7.16. The van der Waals surface area contributed by atoms with Gasteiger partial charge in [-0.3, -0.25) is 9.59 Å². The molecule has 6 nitrogen and oxygen atoms in total. The Morgan fingerprint density at radius 2 is 1.76 bits per heavy atom. The van der Waals surface area contributed by atoms with E-state index >= 15 is 0 Å². The molecular weight excluding hydrogens is 388 g/mol. The summed E-state index contributed by atoms with van der Waals surface area (Å²) in [5.74, 6) is -0.642. The number of thiophene rings is 1. The summed E-state index contributed by atoms with van der Waals surface area (Å²) in [7, 11) is 0. The molecule has 7 heteroatoms. The number of esters is 1. The lowest BCUT2D eigenvalue weighted by molar-refractivity contribution is -0.119. The highest BCUT2D eigenvalue weighted by Gasteiger charge is 2.31. The number of amides is 2. The molecular formula is C22H26N2O4S. The third kappa shape index (κ3) is 5.23. The van der Waals surface area contributed by atoms with Crippen molar-refractivity contribution in [3.8, 4) is 0 Å². The predicted molar refractivity (Wildman–Crippen MR) is 115 cm³/mol. The van der Waals surface area contributed by atoms with Crippen LogP contribution >= 0.6 is 11.3 Å². The van der Waals surface area contributed by atoms with Crippen molar-refractivity contribution in [1.82, 2.24) is 0 Å². The molecule has 29 heavy (non-hydrogen) atoms. The molecule has 0 bridgehead atoms. The first-order chi connectivity index (χ1) is 13.8. The van der Waals surface area contributed by atoms with Crippen LogP contribution in [0.2, 0.25) is 0 Å². The maximum atomic E-state index is 12.6. The Labute approximate surface area is 174 Å². The van der Waals surface area contributed by atoms with Gasteiger partial charge in [-0.15, -0.1) is 11.3 Å². The summed E-state index contributed by atoms with van der Waals surface area (Å²) >= 11 is 1.35. The SMILES string of the molecule is Cc1sc(NC(=O)C2CC2)c(C(=O)OCC(=O)Nc2ccc(C(C)C)cc2)c1C. The van der Waals surface area contributed by atoms with E-state index in [4.69, 9.17) is 4.74 Å². The van der Waals surface area contributed by atoms with Crippen LogP contribution in [0.4, 0.5) is 10.7 Å². The fourth-order valence-electron chi connectivity index (χ4n) is 2.87. The number of hydrogen-bond acceptors (Lipinski definition) is 5. The minimum absolute atomic E-state index is 0.0365. The van der Waals surface area contributed by atoms with Gasteiger partial charge in [0, 0.05) is 16.5 Å². The van der Waals surface area contributed by atoms with Gasteiger partial charge < -0.3 is 15.4 Å². The lowest BCUT2D eigenvalue weighted by Crippen LogP contribution is -2.22. The zero-order chi connectivity index (χ0) is 21.1. The van der Waals surface area contributed by atoms with Crippen molar-refractivity contribution in [3.63, 3.8) is 0 Å². The van der Waals surface area contributed by atoms with E-state index in [1.807, 2.05) is 38.1 Å². The van der Waals surface area contributed by atoms with Crippen LogP contribution in [0.1, 0.15) is 59.0 Å². The lowest BCUT2D eigenvalue weighted by Gasteiger charge is -2.10. The first-order valence-electron chi connectivity index (χ1n) is 9.74. The Morgan fingerprint density at radius 1 is 1.10 bits per heavy atom. The average Bonchev–Trinajstić information content (AvgIpc) is 3.48. The number of aryl methyl sites for hydroxylation is 1. The molecule has 2 N–H and O–H groups in total. The molecule has 1 aliphatic rings. The smallest absolute Gasteiger partial charge is 0.341 e. The van der Waals surface area contributed by atoms with E-state index < -0.39 is 18.5 Å². The molecule has 2 amide bonds. The average molecular weight is 415 g/mol. The molecule has 3 rings (SSSR count). The zero-order valence-electron chi connectivity index (χ0n) is 17.1. The second-order valence-corrected chi connectivity index (χ2v) is 8.88. The van der Waals surface area contributed by atoms with Gasteiger partial charge in [0.05, 0.1) is 5.56 Å². The van der Waals surface area contributed by atoms with E-state index in [9.17, 15) is 14.4 Å². The molecule has 0 saturated heterocycles. The van der Waals surface area contributed by atoms with Crippen molar-refractivity contribution in [2.45, 2.75) is 46.5 Å². The number of carbonyl (C=O) groups is 3. The van der Waals surface area contributed by atoms with Crippen LogP contribution in [-0.2, 0) is 14.3 Å². The van der Waals surface area contributed by atoms with E-state index in [2.05, 4.69) is 24.5 Å². The van der Waals surface area contributed by atoms with Gasteiger partial charge in [0.2, 0.25) is 5.91 Å². The molecule has 0 radical (unpaired) electrons. The van der Waals surface area contributed by atoms with Crippen molar-refractivity contribution in [3.05, 3.63) is 45.8 Å². The van der Waals surface area contributed by atoms with Gasteiger partial charge >= 0.3 is 5.97 Å². The van der Waals surface area contributed by atoms with Crippen molar-refractivity contribution in [2.75, 3.05) is 17.2 Å². The maximum Gasteiger partial charge on any atom is 0.341 e. The fourth-order valence-corrected chi connectivity index (χ4v) is 3.92. The summed E-state index contributed by atoms with van der Waals surface area (Å²) in [6.45, 7) is 7.50. The normalized spacial score (nSPS) is 13.3. The van der Waals surface area contributed by atoms with Crippen molar-refractivity contribution >= 4 is 39.8 Å². The van der Waals surface area contributed by atoms with Gasteiger partial charge in [-0.25, -0.2) is 4.79 Å². The number of benzene rings is 1. The van der Waals surface area contributed by atoms with E-state index in [0.717, 1.165) is 23.3 Å². The number of rotatable bonds is 7. The molecule has 1 fully saturated rings. The second-order valence-electron chi connectivity index (χ2n) is 7.65. The molecule has 1 saturated carbocycles. The first-order valence-corrected chi connectivity index (χ1v) is 10.6. The molecule has 1 heterocycles. The van der Waals surface area contributed by atoms with Crippen molar-refractivity contribution < 1.29 is 19.1 Å². The molecule has 0 unspecified atom stereocenters. The maximum absolute atomic E-state index is 12.6.